The first-order chi connectivity index (χ1) is 17.9. The van der Waals surface area contributed by atoms with Crippen molar-refractivity contribution >= 4 is 5.91 Å². The van der Waals surface area contributed by atoms with Crippen LogP contribution in [0.2, 0.25) is 0 Å². The summed E-state index contributed by atoms with van der Waals surface area (Å²) in [5.41, 5.74) is -2.65. The Bertz CT molecular complexity index is 1150. The van der Waals surface area contributed by atoms with Crippen molar-refractivity contribution in [1.82, 2.24) is 10.2 Å². The number of ether oxygens (including phenoxy) is 2. The third-order valence-corrected chi connectivity index (χ3v) is 7.61. The molecule has 1 aliphatic carbocycles. The second-order valence-corrected chi connectivity index (χ2v) is 10.5. The maximum absolute atomic E-state index is 13.4. The van der Waals surface area contributed by atoms with Crippen LogP contribution in [-0.2, 0) is 30.2 Å². The Morgan fingerprint density at radius 2 is 1.53 bits per heavy atom. The number of rotatable bonds is 7. The molecule has 2 aromatic carbocycles. The Morgan fingerprint density at radius 3 is 2.13 bits per heavy atom. The van der Waals surface area contributed by atoms with Gasteiger partial charge in [-0.1, -0.05) is 18.9 Å². The van der Waals surface area contributed by atoms with E-state index in [0.29, 0.717) is 68.4 Å². The lowest BCUT2D eigenvalue weighted by molar-refractivity contribution is -0.143. The molecule has 2 aliphatic heterocycles. The van der Waals surface area contributed by atoms with Crippen LogP contribution in [0.1, 0.15) is 54.4 Å². The highest BCUT2D eigenvalue weighted by Crippen LogP contribution is 2.46. The van der Waals surface area contributed by atoms with Crippen LogP contribution in [0.3, 0.4) is 0 Å². The fourth-order valence-electron chi connectivity index (χ4n) is 5.33. The number of hydrogen-bond donors (Lipinski definition) is 1. The molecule has 0 bridgehead atoms. The van der Waals surface area contributed by atoms with Crippen LogP contribution < -0.4 is 14.8 Å². The quantitative estimate of drug-likeness (QED) is 0.427. The maximum Gasteiger partial charge on any atom is 0.416 e. The van der Waals surface area contributed by atoms with Crippen molar-refractivity contribution in [3.8, 4) is 11.5 Å². The average Bonchev–Trinajstić information content (AvgIpc) is 3.55. The monoisotopic (exact) mass is 542 g/mol. The second kappa shape index (κ2) is 9.98. The molecule has 0 spiro atoms. The lowest BCUT2D eigenvalue weighted by atomic mass is 9.73. The highest BCUT2D eigenvalue weighted by atomic mass is 19.4. The predicted molar refractivity (Wildman–Crippen MR) is 125 cm³/mol. The minimum absolute atomic E-state index is 0.0930. The van der Waals surface area contributed by atoms with Crippen molar-refractivity contribution in [2.24, 2.45) is 11.3 Å². The lowest BCUT2D eigenvalue weighted by Crippen LogP contribution is -2.48. The molecule has 1 amide bonds. The topological polar surface area (TPSA) is 50.8 Å². The first-order valence-corrected chi connectivity index (χ1v) is 12.6. The predicted octanol–water partition coefficient (Wildman–Crippen LogP) is 6.15. The minimum atomic E-state index is -4.93. The van der Waals surface area contributed by atoms with Gasteiger partial charge in [0.15, 0.2) is 11.5 Å². The summed E-state index contributed by atoms with van der Waals surface area (Å²) in [5.74, 6) is 1.52. The van der Waals surface area contributed by atoms with Gasteiger partial charge in [-0.2, -0.15) is 26.3 Å². The normalized spacial score (nSPS) is 19.4. The number of nitrogens with zero attached hydrogens (tertiary/aromatic N) is 1. The van der Waals surface area contributed by atoms with Crippen LogP contribution in [0, 0.1) is 11.3 Å². The van der Waals surface area contributed by atoms with E-state index in [1.165, 1.54) is 0 Å². The van der Waals surface area contributed by atoms with Crippen molar-refractivity contribution in [2.45, 2.75) is 57.5 Å². The molecule has 5 nitrogen and oxygen atoms in total. The molecular formula is C27H28F6N2O3. The van der Waals surface area contributed by atoms with Gasteiger partial charge >= 0.3 is 12.4 Å². The third kappa shape index (κ3) is 6.03. The molecule has 2 aromatic rings. The zero-order valence-corrected chi connectivity index (χ0v) is 20.6. The first-order valence-electron chi connectivity index (χ1n) is 12.6. The molecule has 0 atom stereocenters. The molecule has 0 unspecified atom stereocenters. The summed E-state index contributed by atoms with van der Waals surface area (Å²) in [4.78, 5) is 15.6. The van der Waals surface area contributed by atoms with E-state index < -0.39 is 35.4 Å². The number of piperidine rings is 1. The molecule has 1 saturated heterocycles. The van der Waals surface area contributed by atoms with Crippen molar-refractivity contribution in [3.05, 3.63) is 58.7 Å². The van der Waals surface area contributed by atoms with Gasteiger partial charge in [-0.25, -0.2) is 0 Å². The Hall–Kier alpha value is -2.95. The number of carbonyl (C=O) groups excluding carboxylic acids is 1. The number of hydrogen-bond acceptors (Lipinski definition) is 4. The number of fused-ring (bicyclic) bond motifs is 1. The molecular weight excluding hydrogens is 514 g/mol. The molecule has 0 aromatic heterocycles. The van der Waals surface area contributed by atoms with Gasteiger partial charge in [0.1, 0.15) is 0 Å². The standard InChI is InChI=1S/C27H28F6N2O3/c28-26(29,30)20-9-19(10-21(12-20)27(31,32)33)14-34-24(36)25(13-17-1-2-17)5-7-35(8-6-25)15-18-3-4-22-23(11-18)38-16-37-22/h3-4,9-12,17H,1-2,5-8,13-16H2,(H,34,36). The van der Waals surface area contributed by atoms with Gasteiger partial charge in [-0.15, -0.1) is 0 Å². The van der Waals surface area contributed by atoms with Gasteiger partial charge in [0.25, 0.3) is 0 Å². The lowest BCUT2D eigenvalue weighted by Gasteiger charge is -2.41. The number of nitrogens with one attached hydrogen (secondary N) is 1. The fourth-order valence-corrected chi connectivity index (χ4v) is 5.33. The first kappa shape index (κ1) is 26.6. The number of carbonyl (C=O) groups is 1. The Balaban J connectivity index is 1.25. The van der Waals surface area contributed by atoms with E-state index in [4.69, 9.17) is 9.47 Å². The molecule has 11 heteroatoms. The number of halogens is 6. The van der Waals surface area contributed by atoms with E-state index in [2.05, 4.69) is 10.2 Å². The molecule has 2 heterocycles. The van der Waals surface area contributed by atoms with Gasteiger partial charge in [-0.3, -0.25) is 9.69 Å². The third-order valence-electron chi connectivity index (χ3n) is 7.61. The Morgan fingerprint density at radius 1 is 0.895 bits per heavy atom. The van der Waals surface area contributed by atoms with Crippen molar-refractivity contribution in [2.75, 3.05) is 19.9 Å². The summed E-state index contributed by atoms with van der Waals surface area (Å²) in [6.45, 7) is 1.76. The van der Waals surface area contributed by atoms with Gasteiger partial charge in [-0.05, 0) is 79.7 Å². The molecule has 1 saturated carbocycles. The summed E-state index contributed by atoms with van der Waals surface area (Å²) < 4.78 is 90.1. The highest BCUT2D eigenvalue weighted by molar-refractivity contribution is 5.82. The van der Waals surface area contributed by atoms with Gasteiger partial charge in [0.2, 0.25) is 12.7 Å². The number of benzene rings is 2. The average molecular weight is 543 g/mol. The minimum Gasteiger partial charge on any atom is -0.454 e. The van der Waals surface area contributed by atoms with Crippen LogP contribution in [0.5, 0.6) is 11.5 Å². The fraction of sp³-hybridized carbons (Fsp3) is 0.519. The van der Waals surface area contributed by atoms with E-state index in [1.54, 1.807) is 0 Å². The summed E-state index contributed by atoms with van der Waals surface area (Å²) in [5, 5.41) is 2.67. The van der Waals surface area contributed by atoms with Crippen LogP contribution in [0.15, 0.2) is 36.4 Å². The largest absolute Gasteiger partial charge is 0.454 e. The van der Waals surface area contributed by atoms with Crippen LogP contribution >= 0.6 is 0 Å². The Labute approximate surface area is 216 Å². The summed E-state index contributed by atoms with van der Waals surface area (Å²) >= 11 is 0. The van der Waals surface area contributed by atoms with Crippen molar-refractivity contribution in [3.63, 3.8) is 0 Å². The molecule has 0 radical (unpaired) electrons. The highest BCUT2D eigenvalue weighted by Gasteiger charge is 2.45. The van der Waals surface area contributed by atoms with Gasteiger partial charge < -0.3 is 14.8 Å². The van der Waals surface area contributed by atoms with Crippen LogP contribution in [0.25, 0.3) is 0 Å². The molecule has 3 aliphatic rings. The molecule has 1 N–H and O–H groups in total. The number of alkyl halides is 6. The van der Waals surface area contributed by atoms with E-state index in [1.807, 2.05) is 18.2 Å². The second-order valence-electron chi connectivity index (χ2n) is 10.5. The van der Waals surface area contributed by atoms with Crippen LogP contribution in [0.4, 0.5) is 26.3 Å². The number of amides is 1. The van der Waals surface area contributed by atoms with Crippen molar-refractivity contribution < 1.29 is 40.6 Å². The summed E-state index contributed by atoms with van der Waals surface area (Å²) in [6, 6.07) is 7.19. The van der Waals surface area contributed by atoms with Crippen molar-refractivity contribution in [1.29, 1.82) is 0 Å². The maximum atomic E-state index is 13.4. The zero-order chi connectivity index (χ0) is 27.1. The molecule has 2 fully saturated rings. The smallest absolute Gasteiger partial charge is 0.416 e. The molecule has 206 valence electrons. The van der Waals surface area contributed by atoms with E-state index in [9.17, 15) is 31.1 Å². The molecule has 5 rings (SSSR count). The summed E-state index contributed by atoms with van der Waals surface area (Å²) in [7, 11) is 0. The SMILES string of the molecule is O=C(NCc1cc(C(F)(F)F)cc(C(F)(F)F)c1)C1(CC2CC2)CCN(Cc2ccc3c(c2)OCO3)CC1. The van der Waals surface area contributed by atoms with E-state index in [-0.39, 0.29) is 24.3 Å². The van der Waals surface area contributed by atoms with Gasteiger partial charge in [0.05, 0.1) is 16.5 Å². The van der Waals surface area contributed by atoms with Gasteiger partial charge in [0, 0.05) is 13.1 Å². The van der Waals surface area contributed by atoms with E-state index >= 15 is 0 Å². The summed E-state index contributed by atoms with van der Waals surface area (Å²) in [6.07, 6.45) is -6.01. The number of likely N-dealkylation sites (tertiary alicyclic amines) is 1. The molecule has 38 heavy (non-hydrogen) atoms. The zero-order valence-electron chi connectivity index (χ0n) is 20.6. The van der Waals surface area contributed by atoms with Crippen LogP contribution in [-0.4, -0.2) is 30.7 Å². The van der Waals surface area contributed by atoms with E-state index in [0.717, 1.165) is 18.4 Å². The Kier molecular flexibility index (Phi) is 7.00.